The van der Waals surface area contributed by atoms with Crippen LogP contribution >= 0.6 is 0 Å². The van der Waals surface area contributed by atoms with Crippen molar-refractivity contribution in [2.75, 3.05) is 26.9 Å². The Morgan fingerprint density at radius 2 is 0.703 bits per heavy atom. The number of aliphatic hydroxyl groups excluding tert-OH is 6. The van der Waals surface area contributed by atoms with E-state index in [9.17, 15) is 150 Å². The number of hydrogen-bond donors (Lipinski definition) is 19. The fraction of sp³-hybridized carbons (Fsp3) is 0.935. The van der Waals surface area contributed by atoms with Crippen molar-refractivity contribution in [1.82, 2.24) is 14.2 Å². The number of methoxy groups -OCH3 is 1. The van der Waals surface area contributed by atoms with Gasteiger partial charge >= 0.3 is 94.8 Å². The lowest BCUT2D eigenvalue weighted by Crippen LogP contribution is -2.71. The molecule has 5 aliphatic rings. The molecule has 534 valence electrons. The minimum atomic E-state index is -6.36. The molecule has 25 atom stereocenters. The van der Waals surface area contributed by atoms with Gasteiger partial charge in [0.1, 0.15) is 104 Å². The topological polar surface area (TPSA) is 805 Å². The molecule has 0 aromatic heterocycles. The first-order chi connectivity index (χ1) is 41.2. The van der Waals surface area contributed by atoms with Gasteiger partial charge in [-0.05, 0) is 0 Å². The van der Waals surface area contributed by atoms with Gasteiger partial charge in [-0.3, -0.25) is 36.4 Å². The maximum absolute atomic E-state index is 13.0. The van der Waals surface area contributed by atoms with Crippen molar-refractivity contribution in [3.05, 3.63) is 0 Å². The number of carboxylic acids is 2. The monoisotopic (exact) mass is 1510 g/mol. The highest BCUT2D eigenvalue weighted by Gasteiger charge is 2.61. The predicted molar refractivity (Wildman–Crippen MR) is 262 cm³/mol. The summed E-state index contributed by atoms with van der Waals surface area (Å²) in [4.78, 5) is 25.8. The highest BCUT2D eigenvalue weighted by atomic mass is 32.3. The van der Waals surface area contributed by atoms with E-state index in [4.69, 9.17) is 51.9 Å². The van der Waals surface area contributed by atoms with E-state index in [0.29, 0.717) is 0 Å². The minimum absolute atomic E-state index is 0.735. The average Bonchev–Trinajstić information content (AvgIpc) is 0.767. The van der Waals surface area contributed by atoms with Gasteiger partial charge in [0.25, 0.3) is 0 Å². The van der Waals surface area contributed by atoms with Crippen molar-refractivity contribution in [2.24, 2.45) is 0 Å². The molecular formula is C31H53N3O49S8. The molecule has 0 aromatic rings. The molecule has 5 saturated heterocycles. The Morgan fingerprint density at radius 3 is 1.13 bits per heavy atom. The molecule has 19 N–H and O–H groups in total. The Bertz CT molecular complexity index is 3490. The molecule has 91 heavy (non-hydrogen) atoms. The summed E-state index contributed by atoms with van der Waals surface area (Å²) in [6.07, 6.45) is -63.6. The van der Waals surface area contributed by atoms with Crippen LogP contribution in [0.15, 0.2) is 0 Å². The van der Waals surface area contributed by atoms with Crippen molar-refractivity contribution in [1.29, 1.82) is 0 Å². The standard InChI is InChI=1S/C31H53N3O49S8/c1-69-27-9(33-85(48,49)50)13(37)17(6(74-27)3-71-88(57,58)59)76-31-22(83-91(66,67)68)16(40)21(24(81-31)26(43)44)79-29-10(34-86(51,52)53)19(82-90(63,64)65)18(7(75-29)4-72-89(60,61)62)77-30-15(39)14(38)20(23(80-30)25(41)42)78-28-8(32-84(45,46)47)12(36)11(35)5(73-28)2-70-87(54,55)56/h5-24,27-40H,2-4H2,1H3,(H,41,42)(H,43,44)(H,45,46,47)(H,48,49,50)(H,51,52,53)(H,54,55,56)(H,57,58,59)(H,60,61,62)(H,63,64,65)(H,66,67,68)/t5-,6-,7-,8-,9-,10-,11-,12-,13-,14-,15-,16+,17-,18-,19-,20+,21+,22-,23+,24-,27+,28-,29-,30+,31+/m1/s1. The molecule has 52 nitrogen and oxygen atoms in total. The fourth-order valence-electron chi connectivity index (χ4n) is 8.98. The van der Waals surface area contributed by atoms with Gasteiger partial charge < -0.3 is 88.2 Å². The largest absolute Gasteiger partial charge is 0.479 e. The normalized spacial score (nSPS) is 38.6. The molecule has 5 fully saturated rings. The van der Waals surface area contributed by atoms with Crippen LogP contribution in [-0.4, -0.2) is 337 Å². The molecule has 0 aliphatic carbocycles. The zero-order valence-electron chi connectivity index (χ0n) is 43.9. The lowest BCUT2D eigenvalue weighted by Gasteiger charge is -2.50. The molecule has 0 spiro atoms. The van der Waals surface area contributed by atoms with Gasteiger partial charge in [0.2, 0.25) is 0 Å². The molecule has 0 radical (unpaired) electrons. The van der Waals surface area contributed by atoms with Crippen LogP contribution in [-0.2, 0) is 161 Å². The van der Waals surface area contributed by atoms with E-state index in [1.54, 1.807) is 0 Å². The van der Waals surface area contributed by atoms with Crippen molar-refractivity contribution in [2.45, 2.75) is 153 Å². The van der Waals surface area contributed by atoms with Crippen LogP contribution in [0.5, 0.6) is 0 Å². The first-order valence-corrected chi connectivity index (χ1v) is 34.7. The van der Waals surface area contributed by atoms with Crippen molar-refractivity contribution in [3.63, 3.8) is 0 Å². The number of rotatable bonds is 30. The molecular weight excluding hydrogens is 1450 g/mol. The Hall–Kier alpha value is -2.74. The van der Waals surface area contributed by atoms with Crippen LogP contribution in [0.2, 0.25) is 0 Å². The molecule has 0 saturated carbocycles. The minimum Gasteiger partial charge on any atom is -0.479 e. The average molecular weight is 1510 g/mol. The zero-order valence-corrected chi connectivity index (χ0v) is 50.5. The van der Waals surface area contributed by atoms with E-state index < -0.39 is 268 Å². The summed E-state index contributed by atoms with van der Waals surface area (Å²) in [5, 5.41) is 87.8. The summed E-state index contributed by atoms with van der Waals surface area (Å²) in [6.45, 7) is -5.06. The van der Waals surface area contributed by atoms with Gasteiger partial charge in [-0.1, -0.05) is 0 Å². The summed E-state index contributed by atoms with van der Waals surface area (Å²) in [6, 6.07) is -8.17. The summed E-state index contributed by atoms with van der Waals surface area (Å²) < 4.78 is 346. The molecule has 0 amide bonds. The number of ether oxygens (including phenoxy) is 10. The Balaban J connectivity index is 1.60. The van der Waals surface area contributed by atoms with Gasteiger partial charge in [-0.15, -0.1) is 0 Å². The molecule has 0 aromatic carbocycles. The lowest BCUT2D eigenvalue weighted by atomic mass is 9.94. The van der Waals surface area contributed by atoms with Crippen LogP contribution in [0.1, 0.15) is 0 Å². The SMILES string of the molecule is CO[C@H]1O[C@H](COS(=O)(=O)O)[C@@H](O[C@H]2O[C@@H](C(=O)O)[C@@H](O[C@H]3O[C@H](COS(=O)(=O)O)[C@@H](O[C@H]4O[C@H](C(=O)O)[C@@H](O[C@H]5O[C@H](COS(=O)(=O)O)[C@@H](O)[C@H](O)[C@H]5NS(=O)(=O)O)[C@H](O)[C@H]4O)[C@H](OS(=O)(=O)O)[C@H]3NS(=O)(=O)O)[C@H](O)[C@H]2OS(=O)(=O)O)[C@H](O)[C@H]1NS(=O)(=O)O. The third kappa shape index (κ3) is 22.9. The zero-order chi connectivity index (χ0) is 69.4. The number of nitrogens with one attached hydrogen (secondary N) is 3. The Labute approximate surface area is 509 Å². The van der Waals surface area contributed by atoms with Crippen molar-refractivity contribution in [3.8, 4) is 0 Å². The first kappa shape index (κ1) is 79.0. The van der Waals surface area contributed by atoms with Crippen molar-refractivity contribution >= 4 is 94.8 Å². The van der Waals surface area contributed by atoms with Gasteiger partial charge in [0.15, 0.2) is 49.8 Å². The van der Waals surface area contributed by atoms with Crippen LogP contribution < -0.4 is 14.2 Å². The Kier molecular flexibility index (Phi) is 26.0. The van der Waals surface area contributed by atoms with Crippen LogP contribution in [0.3, 0.4) is 0 Å². The van der Waals surface area contributed by atoms with Crippen LogP contribution in [0.25, 0.3) is 0 Å². The lowest BCUT2D eigenvalue weighted by molar-refractivity contribution is -0.373. The number of carboxylic acid groups (broad SMARTS) is 2. The first-order valence-electron chi connectivity index (χ1n) is 23.5. The molecule has 60 heteroatoms. The third-order valence-corrected chi connectivity index (χ3v) is 16.4. The summed E-state index contributed by atoms with van der Waals surface area (Å²) in [7, 11) is -45.9. The van der Waals surface area contributed by atoms with E-state index in [1.165, 1.54) is 9.44 Å². The number of hydrogen-bond acceptors (Lipinski definition) is 39. The van der Waals surface area contributed by atoms with Crippen LogP contribution in [0, 0.1) is 0 Å². The second-order valence-electron chi connectivity index (χ2n) is 18.7. The molecule has 5 rings (SSSR count). The van der Waals surface area contributed by atoms with Gasteiger partial charge in [-0.2, -0.15) is 81.5 Å². The van der Waals surface area contributed by atoms with Gasteiger partial charge in [0, 0.05) is 7.11 Å². The van der Waals surface area contributed by atoms with E-state index >= 15 is 0 Å². The number of aliphatic hydroxyl groups is 6. The summed E-state index contributed by atoms with van der Waals surface area (Å²) >= 11 is 0. The highest BCUT2D eigenvalue weighted by Crippen LogP contribution is 2.39. The van der Waals surface area contributed by atoms with E-state index in [2.05, 4.69) is 20.9 Å². The van der Waals surface area contributed by atoms with E-state index in [1.807, 2.05) is 0 Å². The summed E-state index contributed by atoms with van der Waals surface area (Å²) in [5.41, 5.74) is 0. The molecule has 5 aliphatic heterocycles. The number of aliphatic carboxylic acids is 2. The summed E-state index contributed by atoms with van der Waals surface area (Å²) in [5.74, 6) is -4.91. The molecule has 0 bridgehead atoms. The third-order valence-electron chi connectivity index (χ3n) is 12.4. The Morgan fingerprint density at radius 1 is 0.352 bits per heavy atom. The van der Waals surface area contributed by atoms with E-state index in [0.717, 1.165) is 11.8 Å². The van der Waals surface area contributed by atoms with Gasteiger partial charge in [-0.25, -0.2) is 30.5 Å². The predicted octanol–water partition coefficient (Wildman–Crippen LogP) is -13.8. The molecule has 0 unspecified atom stereocenters. The second kappa shape index (κ2) is 29.9. The fourth-order valence-corrected chi connectivity index (χ4v) is 12.7. The number of carbonyl (C=O) groups is 2. The van der Waals surface area contributed by atoms with Gasteiger partial charge in [0.05, 0.1) is 19.8 Å². The van der Waals surface area contributed by atoms with Crippen molar-refractivity contribution < 1.29 is 222 Å². The maximum atomic E-state index is 13.0. The second-order valence-corrected chi connectivity index (χ2v) is 27.6. The molecule has 5 heterocycles. The quantitative estimate of drug-likeness (QED) is 0.0297. The smallest absolute Gasteiger partial charge is 0.397 e. The highest BCUT2D eigenvalue weighted by molar-refractivity contribution is 7.84. The maximum Gasteiger partial charge on any atom is 0.397 e. The van der Waals surface area contributed by atoms with Crippen LogP contribution in [0.4, 0.5) is 0 Å². The van der Waals surface area contributed by atoms with E-state index in [-0.39, 0.29) is 0 Å².